The number of hydrogen-bond donors (Lipinski definition) is 0. The summed E-state index contributed by atoms with van der Waals surface area (Å²) in [5, 5.41) is 0. The molecule has 0 N–H and O–H groups in total. The zero-order chi connectivity index (χ0) is 21.2. The van der Waals surface area contributed by atoms with E-state index >= 15 is 0 Å². The first-order valence-corrected chi connectivity index (χ1v) is 10.9. The molecule has 31 heavy (non-hydrogen) atoms. The van der Waals surface area contributed by atoms with Gasteiger partial charge in [-0.3, -0.25) is 9.20 Å². The van der Waals surface area contributed by atoms with Gasteiger partial charge >= 0.3 is 0 Å². The number of rotatable bonds is 4. The number of nitrogens with zero attached hydrogens (tertiary/aromatic N) is 5. The lowest BCUT2D eigenvalue weighted by atomic mass is 10.0. The molecule has 2 aliphatic heterocycles. The van der Waals surface area contributed by atoms with E-state index in [1.807, 2.05) is 15.5 Å². The Morgan fingerprint density at radius 1 is 1.06 bits per heavy atom. The van der Waals surface area contributed by atoms with Gasteiger partial charge in [-0.15, -0.1) is 0 Å². The fourth-order valence-corrected chi connectivity index (χ4v) is 4.35. The van der Waals surface area contributed by atoms with Gasteiger partial charge in [-0.2, -0.15) is 0 Å². The molecule has 1 amide bonds. The number of hydrogen-bond acceptors (Lipinski definition) is 5. The number of carbonyl (C=O) groups excluding carboxylic acids is 1. The molecule has 2 fully saturated rings. The van der Waals surface area contributed by atoms with E-state index in [2.05, 4.69) is 14.9 Å². The van der Waals surface area contributed by atoms with Crippen LogP contribution in [0.15, 0.2) is 36.7 Å². The van der Waals surface area contributed by atoms with Crippen molar-refractivity contribution in [3.63, 3.8) is 0 Å². The van der Waals surface area contributed by atoms with Crippen molar-refractivity contribution in [1.82, 2.24) is 19.3 Å². The predicted molar refractivity (Wildman–Crippen MR) is 116 cm³/mol. The van der Waals surface area contributed by atoms with E-state index in [-0.39, 0.29) is 18.1 Å². The fraction of sp³-hybridized carbons (Fsp3) is 0.435. The normalized spacial score (nSPS) is 17.3. The van der Waals surface area contributed by atoms with E-state index < -0.39 is 0 Å². The summed E-state index contributed by atoms with van der Waals surface area (Å²) in [4.78, 5) is 25.7. The molecule has 8 heteroatoms. The predicted octanol–water partition coefficient (Wildman–Crippen LogP) is 2.93. The molecule has 2 aromatic heterocycles. The highest BCUT2D eigenvalue weighted by Gasteiger charge is 2.20. The van der Waals surface area contributed by atoms with Crippen LogP contribution in [0.4, 0.5) is 10.2 Å². The van der Waals surface area contributed by atoms with E-state index in [1.165, 1.54) is 6.07 Å². The molecule has 0 unspecified atom stereocenters. The molecular weight excluding hydrogens is 397 g/mol. The maximum absolute atomic E-state index is 14.7. The van der Waals surface area contributed by atoms with E-state index in [1.54, 1.807) is 24.4 Å². The second-order valence-electron chi connectivity index (χ2n) is 8.13. The van der Waals surface area contributed by atoms with Crippen LogP contribution in [-0.4, -0.2) is 64.6 Å². The van der Waals surface area contributed by atoms with Gasteiger partial charge in [0.15, 0.2) is 0 Å². The summed E-state index contributed by atoms with van der Waals surface area (Å²) in [5.74, 6) is 1.23. The second kappa shape index (κ2) is 8.63. The molecule has 0 atom stereocenters. The van der Waals surface area contributed by atoms with Crippen molar-refractivity contribution < 1.29 is 13.9 Å². The van der Waals surface area contributed by atoms with Gasteiger partial charge in [0.25, 0.3) is 0 Å². The minimum absolute atomic E-state index is 0.0952. The highest BCUT2D eigenvalue weighted by Crippen LogP contribution is 2.25. The first-order chi connectivity index (χ1) is 15.2. The molecule has 7 nitrogen and oxygen atoms in total. The Balaban J connectivity index is 1.41. The third-order valence-corrected chi connectivity index (χ3v) is 6.03. The van der Waals surface area contributed by atoms with Crippen LogP contribution in [0.25, 0.3) is 17.0 Å². The van der Waals surface area contributed by atoms with E-state index in [4.69, 9.17) is 4.74 Å². The summed E-state index contributed by atoms with van der Waals surface area (Å²) >= 11 is 0. The van der Waals surface area contributed by atoms with Crippen LogP contribution in [0.5, 0.6) is 0 Å². The molecule has 2 aliphatic rings. The van der Waals surface area contributed by atoms with Gasteiger partial charge in [0.2, 0.25) is 11.7 Å². The number of fused-ring (bicyclic) bond motifs is 1. The first-order valence-electron chi connectivity index (χ1n) is 10.9. The number of carbonyl (C=O) groups is 1. The Morgan fingerprint density at radius 2 is 1.94 bits per heavy atom. The summed E-state index contributed by atoms with van der Waals surface area (Å²) in [7, 11) is 0. The van der Waals surface area contributed by atoms with Crippen molar-refractivity contribution in [2.75, 3.05) is 44.3 Å². The molecule has 0 saturated carbocycles. The lowest BCUT2D eigenvalue weighted by molar-refractivity contribution is -0.129. The Hall–Kier alpha value is -3.00. The van der Waals surface area contributed by atoms with Crippen molar-refractivity contribution in [2.45, 2.75) is 25.7 Å². The summed E-state index contributed by atoms with van der Waals surface area (Å²) in [6.45, 7) is 4.79. The van der Waals surface area contributed by atoms with Gasteiger partial charge in [0, 0.05) is 44.5 Å². The van der Waals surface area contributed by atoms with Gasteiger partial charge in [-0.25, -0.2) is 14.4 Å². The number of amides is 1. The van der Waals surface area contributed by atoms with E-state index in [0.717, 1.165) is 63.4 Å². The maximum atomic E-state index is 14.7. The Bertz CT molecular complexity index is 1080. The zero-order valence-electron chi connectivity index (χ0n) is 17.5. The number of aromatic nitrogens is 3. The SMILES string of the molecule is O=C(Cc1ccc(F)c(-c2ccn3c(N4CCCOCC4)cnc3n2)c1)N1CCCC1. The van der Waals surface area contributed by atoms with Crippen molar-refractivity contribution in [2.24, 2.45) is 0 Å². The molecule has 0 aliphatic carbocycles. The summed E-state index contributed by atoms with van der Waals surface area (Å²) in [6, 6.07) is 6.64. The smallest absolute Gasteiger partial charge is 0.235 e. The lowest BCUT2D eigenvalue weighted by Crippen LogP contribution is -2.29. The van der Waals surface area contributed by atoms with Crippen molar-refractivity contribution in [1.29, 1.82) is 0 Å². The highest BCUT2D eigenvalue weighted by molar-refractivity contribution is 5.79. The number of anilines is 1. The van der Waals surface area contributed by atoms with Crippen LogP contribution in [-0.2, 0) is 16.0 Å². The molecule has 162 valence electrons. The third kappa shape index (κ3) is 4.12. The second-order valence-corrected chi connectivity index (χ2v) is 8.13. The molecule has 0 radical (unpaired) electrons. The molecule has 2 saturated heterocycles. The van der Waals surface area contributed by atoms with Crippen LogP contribution in [0.2, 0.25) is 0 Å². The monoisotopic (exact) mass is 423 g/mol. The number of ether oxygens (including phenoxy) is 1. The lowest BCUT2D eigenvalue weighted by Gasteiger charge is -2.20. The van der Waals surface area contributed by atoms with E-state index in [9.17, 15) is 9.18 Å². The topological polar surface area (TPSA) is 63.0 Å². The fourth-order valence-electron chi connectivity index (χ4n) is 4.35. The first kappa shape index (κ1) is 19.9. The Kier molecular flexibility index (Phi) is 5.55. The molecule has 0 bridgehead atoms. The molecule has 4 heterocycles. The van der Waals surface area contributed by atoms with E-state index in [0.29, 0.717) is 23.6 Å². The molecule has 5 rings (SSSR count). The Morgan fingerprint density at radius 3 is 2.81 bits per heavy atom. The van der Waals surface area contributed by atoms with Gasteiger partial charge in [0.05, 0.1) is 24.9 Å². The van der Waals surface area contributed by atoms with Crippen LogP contribution in [0.3, 0.4) is 0 Å². The quantitative estimate of drug-likeness (QED) is 0.646. The highest BCUT2D eigenvalue weighted by atomic mass is 19.1. The minimum Gasteiger partial charge on any atom is -0.380 e. The number of halogens is 1. The molecule has 3 aromatic rings. The average Bonchev–Trinajstić information content (AvgIpc) is 3.39. The van der Waals surface area contributed by atoms with Gasteiger partial charge in [-0.05, 0) is 43.0 Å². The third-order valence-electron chi connectivity index (χ3n) is 6.03. The number of likely N-dealkylation sites (tertiary alicyclic amines) is 1. The largest absolute Gasteiger partial charge is 0.380 e. The summed E-state index contributed by atoms with van der Waals surface area (Å²) in [5.41, 5.74) is 1.70. The van der Waals surface area contributed by atoms with Crippen molar-refractivity contribution >= 4 is 17.5 Å². The van der Waals surface area contributed by atoms with Crippen molar-refractivity contribution in [3.05, 3.63) is 48.0 Å². The molecule has 1 aromatic carbocycles. The van der Waals surface area contributed by atoms with Crippen LogP contribution in [0.1, 0.15) is 24.8 Å². The summed E-state index contributed by atoms with van der Waals surface area (Å²) < 4.78 is 22.1. The zero-order valence-corrected chi connectivity index (χ0v) is 17.5. The maximum Gasteiger partial charge on any atom is 0.235 e. The van der Waals surface area contributed by atoms with Gasteiger partial charge in [-0.1, -0.05) is 6.07 Å². The Labute approximate surface area is 180 Å². The molecule has 0 spiro atoms. The van der Waals surface area contributed by atoms with Crippen LogP contribution < -0.4 is 4.90 Å². The van der Waals surface area contributed by atoms with Crippen LogP contribution >= 0.6 is 0 Å². The standard InChI is InChI=1S/C23H26FN5O2/c24-19-5-4-17(15-22(30)28-7-1-2-8-28)14-18(19)20-6-10-29-21(16-25-23(29)26-20)27-9-3-12-31-13-11-27/h4-6,10,14,16H,1-3,7-9,11-13,15H2. The van der Waals surface area contributed by atoms with Crippen molar-refractivity contribution in [3.8, 4) is 11.3 Å². The van der Waals surface area contributed by atoms with Gasteiger partial charge < -0.3 is 14.5 Å². The van der Waals surface area contributed by atoms with Crippen LogP contribution in [0, 0.1) is 5.82 Å². The summed E-state index contributed by atoms with van der Waals surface area (Å²) in [6.07, 6.45) is 7.04. The number of imidazole rings is 1. The molecular formula is C23H26FN5O2. The minimum atomic E-state index is -0.356. The van der Waals surface area contributed by atoms with Gasteiger partial charge in [0.1, 0.15) is 11.6 Å². The average molecular weight is 423 g/mol. The number of benzene rings is 1.